The predicted octanol–water partition coefficient (Wildman–Crippen LogP) is 4.52. The fourth-order valence-electron chi connectivity index (χ4n) is 2.08. The second kappa shape index (κ2) is 9.18. The highest BCUT2D eigenvalue weighted by molar-refractivity contribution is 7.99. The number of benzene rings is 1. The SMILES string of the molecule is CC[C@H](C)NC(=O)CSCc1nc(-c2ccc(SC)cc2)oc1C. The minimum Gasteiger partial charge on any atom is -0.441 e. The maximum atomic E-state index is 11.8. The molecule has 0 radical (unpaired) electrons. The van der Waals surface area contributed by atoms with Crippen molar-refractivity contribution in [3.8, 4) is 11.5 Å². The molecule has 2 aromatic rings. The van der Waals surface area contributed by atoms with Gasteiger partial charge in [0.05, 0.1) is 11.4 Å². The Bertz CT molecular complexity index is 668. The molecule has 1 amide bonds. The molecule has 0 bridgehead atoms. The number of amides is 1. The molecule has 0 aliphatic rings. The summed E-state index contributed by atoms with van der Waals surface area (Å²) in [6.07, 6.45) is 2.99. The van der Waals surface area contributed by atoms with Crippen LogP contribution in [-0.4, -0.2) is 28.9 Å². The van der Waals surface area contributed by atoms with Crippen LogP contribution in [0.4, 0.5) is 0 Å². The lowest BCUT2D eigenvalue weighted by molar-refractivity contribution is -0.119. The van der Waals surface area contributed by atoms with E-state index >= 15 is 0 Å². The smallest absolute Gasteiger partial charge is 0.230 e. The van der Waals surface area contributed by atoms with Crippen LogP contribution >= 0.6 is 23.5 Å². The maximum absolute atomic E-state index is 11.8. The molecule has 0 saturated carbocycles. The maximum Gasteiger partial charge on any atom is 0.230 e. The first-order valence-electron chi connectivity index (χ1n) is 8.01. The molecule has 130 valence electrons. The van der Waals surface area contributed by atoms with Gasteiger partial charge in [-0.05, 0) is 50.8 Å². The topological polar surface area (TPSA) is 55.1 Å². The molecular weight excluding hydrogens is 340 g/mol. The molecule has 1 heterocycles. The van der Waals surface area contributed by atoms with Crippen molar-refractivity contribution in [2.45, 2.75) is 43.9 Å². The molecule has 1 atom stereocenters. The summed E-state index contributed by atoms with van der Waals surface area (Å²) in [4.78, 5) is 17.6. The van der Waals surface area contributed by atoms with Gasteiger partial charge in [-0.25, -0.2) is 4.98 Å². The van der Waals surface area contributed by atoms with Crippen LogP contribution in [0, 0.1) is 6.92 Å². The number of nitrogens with zero attached hydrogens (tertiary/aromatic N) is 1. The van der Waals surface area contributed by atoms with E-state index in [0.29, 0.717) is 17.4 Å². The quantitative estimate of drug-likeness (QED) is 0.698. The number of aryl methyl sites for hydroxylation is 1. The summed E-state index contributed by atoms with van der Waals surface area (Å²) in [6.45, 7) is 5.99. The third-order valence-corrected chi connectivity index (χ3v) is 5.41. The van der Waals surface area contributed by atoms with Gasteiger partial charge in [0.1, 0.15) is 5.76 Å². The Morgan fingerprint density at radius 1 is 1.33 bits per heavy atom. The lowest BCUT2D eigenvalue weighted by atomic mass is 10.2. The van der Waals surface area contributed by atoms with E-state index in [1.807, 2.05) is 26.0 Å². The molecule has 1 aromatic heterocycles. The van der Waals surface area contributed by atoms with E-state index in [4.69, 9.17) is 4.42 Å². The third kappa shape index (κ3) is 5.31. The second-order valence-corrected chi connectivity index (χ2v) is 7.49. The predicted molar refractivity (Wildman–Crippen MR) is 103 cm³/mol. The Hall–Kier alpha value is -1.40. The van der Waals surface area contributed by atoms with Crippen LogP contribution in [0.15, 0.2) is 33.6 Å². The zero-order chi connectivity index (χ0) is 17.5. The molecule has 1 N–H and O–H groups in total. The molecule has 0 aliphatic carbocycles. The molecule has 0 fully saturated rings. The summed E-state index contributed by atoms with van der Waals surface area (Å²) in [5.41, 5.74) is 1.88. The first-order valence-corrected chi connectivity index (χ1v) is 10.4. The number of carbonyl (C=O) groups is 1. The van der Waals surface area contributed by atoms with Gasteiger partial charge in [0.25, 0.3) is 0 Å². The van der Waals surface area contributed by atoms with Crippen LogP contribution in [0.2, 0.25) is 0 Å². The summed E-state index contributed by atoms with van der Waals surface area (Å²) >= 11 is 3.27. The Morgan fingerprint density at radius 2 is 2.04 bits per heavy atom. The van der Waals surface area contributed by atoms with Gasteiger partial charge in [0.2, 0.25) is 11.8 Å². The highest BCUT2D eigenvalue weighted by Gasteiger charge is 2.13. The van der Waals surface area contributed by atoms with Gasteiger partial charge in [-0.3, -0.25) is 4.79 Å². The largest absolute Gasteiger partial charge is 0.441 e. The van der Waals surface area contributed by atoms with Crippen LogP contribution in [0.3, 0.4) is 0 Å². The molecule has 2 rings (SSSR count). The van der Waals surface area contributed by atoms with Crippen molar-refractivity contribution >= 4 is 29.4 Å². The minimum atomic E-state index is 0.0726. The fourth-order valence-corrected chi connectivity index (χ4v) is 3.32. The molecule has 0 spiro atoms. The molecular formula is C18H24N2O2S2. The van der Waals surface area contributed by atoms with Crippen molar-refractivity contribution in [3.63, 3.8) is 0 Å². The van der Waals surface area contributed by atoms with E-state index in [1.165, 1.54) is 4.90 Å². The van der Waals surface area contributed by atoms with Crippen molar-refractivity contribution in [1.82, 2.24) is 10.3 Å². The number of rotatable bonds is 8. The van der Waals surface area contributed by atoms with Crippen molar-refractivity contribution in [3.05, 3.63) is 35.7 Å². The van der Waals surface area contributed by atoms with E-state index in [-0.39, 0.29) is 11.9 Å². The van der Waals surface area contributed by atoms with Crippen LogP contribution in [-0.2, 0) is 10.5 Å². The summed E-state index contributed by atoms with van der Waals surface area (Å²) in [6, 6.07) is 8.39. The van der Waals surface area contributed by atoms with Crippen molar-refractivity contribution in [2.75, 3.05) is 12.0 Å². The van der Waals surface area contributed by atoms with Crippen LogP contribution in [0.5, 0.6) is 0 Å². The van der Waals surface area contributed by atoms with Crippen LogP contribution < -0.4 is 5.32 Å². The average molecular weight is 365 g/mol. The number of hydrogen-bond acceptors (Lipinski definition) is 5. The second-order valence-electron chi connectivity index (χ2n) is 5.62. The van der Waals surface area contributed by atoms with E-state index in [0.717, 1.165) is 23.4 Å². The van der Waals surface area contributed by atoms with Gasteiger partial charge >= 0.3 is 0 Å². The van der Waals surface area contributed by atoms with E-state index in [9.17, 15) is 4.79 Å². The number of nitrogens with one attached hydrogen (secondary N) is 1. The summed E-state index contributed by atoms with van der Waals surface area (Å²) < 4.78 is 5.78. The Kier molecular flexibility index (Phi) is 7.24. The zero-order valence-corrected chi connectivity index (χ0v) is 16.2. The summed E-state index contributed by atoms with van der Waals surface area (Å²) in [5.74, 6) is 2.64. The molecule has 1 aromatic carbocycles. The Balaban J connectivity index is 1.92. The van der Waals surface area contributed by atoms with Crippen molar-refractivity contribution in [2.24, 2.45) is 0 Å². The van der Waals surface area contributed by atoms with Crippen LogP contribution in [0.1, 0.15) is 31.7 Å². The van der Waals surface area contributed by atoms with E-state index in [1.54, 1.807) is 23.5 Å². The highest BCUT2D eigenvalue weighted by Crippen LogP contribution is 2.26. The number of hydrogen-bond donors (Lipinski definition) is 1. The van der Waals surface area contributed by atoms with Gasteiger partial charge in [0, 0.05) is 22.3 Å². The Morgan fingerprint density at radius 3 is 2.67 bits per heavy atom. The number of thioether (sulfide) groups is 2. The minimum absolute atomic E-state index is 0.0726. The fraction of sp³-hybridized carbons (Fsp3) is 0.444. The van der Waals surface area contributed by atoms with Crippen molar-refractivity contribution < 1.29 is 9.21 Å². The average Bonchev–Trinajstić information content (AvgIpc) is 2.95. The van der Waals surface area contributed by atoms with Gasteiger partial charge in [-0.1, -0.05) is 6.92 Å². The standard InChI is InChI=1S/C18H24N2O2S2/c1-5-12(2)19-17(21)11-24-10-16-13(3)22-18(20-16)14-6-8-15(23-4)9-7-14/h6-9,12H,5,10-11H2,1-4H3,(H,19,21)/t12-/m0/s1. The van der Waals surface area contributed by atoms with Crippen molar-refractivity contribution in [1.29, 1.82) is 0 Å². The normalized spacial score (nSPS) is 12.2. The first-order chi connectivity index (χ1) is 11.5. The molecule has 0 saturated heterocycles. The third-order valence-electron chi connectivity index (χ3n) is 3.72. The Labute approximate surface area is 152 Å². The monoisotopic (exact) mass is 364 g/mol. The van der Waals surface area contributed by atoms with Gasteiger partial charge in [-0.15, -0.1) is 23.5 Å². The molecule has 24 heavy (non-hydrogen) atoms. The number of aromatic nitrogens is 1. The summed E-state index contributed by atoms with van der Waals surface area (Å²) in [7, 11) is 0. The number of carbonyl (C=O) groups excluding carboxylic acids is 1. The number of oxazole rings is 1. The van der Waals surface area contributed by atoms with Gasteiger partial charge < -0.3 is 9.73 Å². The molecule has 0 unspecified atom stereocenters. The van der Waals surface area contributed by atoms with Gasteiger partial charge in [-0.2, -0.15) is 0 Å². The lowest BCUT2D eigenvalue weighted by Gasteiger charge is -2.10. The van der Waals surface area contributed by atoms with E-state index in [2.05, 4.69) is 35.6 Å². The van der Waals surface area contributed by atoms with Crippen LogP contribution in [0.25, 0.3) is 11.5 Å². The molecule has 0 aliphatic heterocycles. The van der Waals surface area contributed by atoms with Gasteiger partial charge in [0.15, 0.2) is 0 Å². The molecule has 4 nitrogen and oxygen atoms in total. The first kappa shape index (κ1) is 18.9. The highest BCUT2D eigenvalue weighted by atomic mass is 32.2. The lowest BCUT2D eigenvalue weighted by Crippen LogP contribution is -2.33. The zero-order valence-electron chi connectivity index (χ0n) is 14.6. The molecule has 6 heteroatoms. The van der Waals surface area contributed by atoms with E-state index < -0.39 is 0 Å². The summed E-state index contributed by atoms with van der Waals surface area (Å²) in [5, 5.41) is 2.97.